The highest BCUT2D eigenvalue weighted by atomic mass is 16.5. The third-order valence-electron chi connectivity index (χ3n) is 3.42. The summed E-state index contributed by atoms with van der Waals surface area (Å²) in [5.41, 5.74) is 3.78. The molecule has 116 valence electrons. The third-order valence-corrected chi connectivity index (χ3v) is 3.42. The molecule has 3 nitrogen and oxygen atoms in total. The fourth-order valence-corrected chi connectivity index (χ4v) is 2.04. The molecule has 0 atom stereocenters. The molecule has 0 aliphatic rings. The van der Waals surface area contributed by atoms with Gasteiger partial charge in [0.25, 0.3) is 5.91 Å². The van der Waals surface area contributed by atoms with Crippen molar-refractivity contribution in [3.63, 3.8) is 0 Å². The van der Waals surface area contributed by atoms with Gasteiger partial charge in [-0.1, -0.05) is 31.2 Å². The van der Waals surface area contributed by atoms with Gasteiger partial charge in [-0.2, -0.15) is 0 Å². The Labute approximate surface area is 132 Å². The first-order valence-electron chi connectivity index (χ1n) is 7.69. The lowest BCUT2D eigenvalue weighted by atomic mass is 10.1. The number of aryl methyl sites for hydroxylation is 1. The van der Waals surface area contributed by atoms with Crippen LogP contribution in [0.3, 0.4) is 0 Å². The highest BCUT2D eigenvalue weighted by Gasteiger charge is 2.06. The molecule has 1 N–H and O–H groups in total. The molecule has 0 aliphatic carbocycles. The minimum absolute atomic E-state index is 0.0967. The number of rotatable bonds is 6. The van der Waals surface area contributed by atoms with E-state index in [1.165, 1.54) is 5.56 Å². The van der Waals surface area contributed by atoms with Gasteiger partial charge in [-0.15, -0.1) is 0 Å². The summed E-state index contributed by atoms with van der Waals surface area (Å²) in [7, 11) is 0. The third kappa shape index (κ3) is 4.71. The van der Waals surface area contributed by atoms with Crippen LogP contribution in [-0.4, -0.2) is 12.0 Å². The predicted molar refractivity (Wildman–Crippen MR) is 90.1 cm³/mol. The largest absolute Gasteiger partial charge is 0.374 e. The lowest BCUT2D eigenvalue weighted by molar-refractivity contribution is 0.0657. The lowest BCUT2D eigenvalue weighted by Gasteiger charge is -2.09. The monoisotopic (exact) mass is 297 g/mol. The van der Waals surface area contributed by atoms with Gasteiger partial charge < -0.3 is 10.1 Å². The van der Waals surface area contributed by atoms with Gasteiger partial charge >= 0.3 is 0 Å². The SMILES string of the molecule is CCc1ccc(NC(=O)c2ccc(COC(C)C)cc2)cc1. The molecule has 3 heteroatoms. The van der Waals surface area contributed by atoms with Crippen molar-refractivity contribution < 1.29 is 9.53 Å². The minimum Gasteiger partial charge on any atom is -0.374 e. The lowest BCUT2D eigenvalue weighted by Crippen LogP contribution is -2.12. The number of hydrogen-bond acceptors (Lipinski definition) is 2. The highest BCUT2D eigenvalue weighted by Crippen LogP contribution is 2.13. The maximum atomic E-state index is 12.2. The van der Waals surface area contributed by atoms with E-state index in [1.807, 2.05) is 62.4 Å². The average Bonchev–Trinajstić information content (AvgIpc) is 2.54. The summed E-state index contributed by atoms with van der Waals surface area (Å²) in [5.74, 6) is -0.0967. The maximum absolute atomic E-state index is 12.2. The Kier molecular flexibility index (Phi) is 5.73. The van der Waals surface area contributed by atoms with E-state index in [2.05, 4.69) is 12.2 Å². The molecule has 22 heavy (non-hydrogen) atoms. The topological polar surface area (TPSA) is 38.3 Å². The first kappa shape index (κ1) is 16.2. The number of ether oxygens (including phenoxy) is 1. The van der Waals surface area contributed by atoms with Crippen LogP contribution in [0.15, 0.2) is 48.5 Å². The summed E-state index contributed by atoms with van der Waals surface area (Å²) >= 11 is 0. The Balaban J connectivity index is 1.96. The van der Waals surface area contributed by atoms with Crippen LogP contribution < -0.4 is 5.32 Å². The van der Waals surface area contributed by atoms with Crippen molar-refractivity contribution in [3.8, 4) is 0 Å². The van der Waals surface area contributed by atoms with Crippen LogP contribution in [0.5, 0.6) is 0 Å². The first-order valence-corrected chi connectivity index (χ1v) is 7.69. The molecule has 0 aromatic heterocycles. The first-order chi connectivity index (χ1) is 10.6. The van der Waals surface area contributed by atoms with Gasteiger partial charge in [0.15, 0.2) is 0 Å². The Morgan fingerprint density at radius 1 is 1.00 bits per heavy atom. The van der Waals surface area contributed by atoms with Crippen molar-refractivity contribution in [1.29, 1.82) is 0 Å². The second-order valence-electron chi connectivity index (χ2n) is 5.56. The van der Waals surface area contributed by atoms with E-state index in [1.54, 1.807) is 0 Å². The number of carbonyl (C=O) groups excluding carboxylic acids is 1. The fraction of sp³-hybridized carbons (Fsp3) is 0.316. The van der Waals surface area contributed by atoms with E-state index < -0.39 is 0 Å². The van der Waals surface area contributed by atoms with E-state index >= 15 is 0 Å². The zero-order valence-electron chi connectivity index (χ0n) is 13.4. The van der Waals surface area contributed by atoms with Crippen LogP contribution in [0, 0.1) is 0 Å². The number of amides is 1. The molecule has 0 radical (unpaired) electrons. The van der Waals surface area contributed by atoms with E-state index in [4.69, 9.17) is 4.74 Å². The second kappa shape index (κ2) is 7.76. The van der Waals surface area contributed by atoms with Crippen LogP contribution in [-0.2, 0) is 17.8 Å². The normalized spacial score (nSPS) is 10.7. The molecule has 2 rings (SSSR count). The van der Waals surface area contributed by atoms with Gasteiger partial charge in [0.2, 0.25) is 0 Å². The quantitative estimate of drug-likeness (QED) is 0.856. The molecule has 0 spiro atoms. The Bertz CT molecular complexity index is 600. The number of hydrogen-bond donors (Lipinski definition) is 1. The van der Waals surface area contributed by atoms with E-state index in [-0.39, 0.29) is 12.0 Å². The summed E-state index contributed by atoms with van der Waals surface area (Å²) in [5, 5.41) is 2.91. The number of benzene rings is 2. The van der Waals surface area contributed by atoms with Crippen molar-refractivity contribution >= 4 is 11.6 Å². The van der Waals surface area contributed by atoms with Gasteiger partial charge in [-0.25, -0.2) is 0 Å². The zero-order valence-corrected chi connectivity index (χ0v) is 13.4. The molecule has 0 bridgehead atoms. The van der Waals surface area contributed by atoms with Crippen LogP contribution >= 0.6 is 0 Å². The molecular formula is C19H23NO2. The molecule has 0 saturated heterocycles. The zero-order chi connectivity index (χ0) is 15.9. The Hall–Kier alpha value is -2.13. The smallest absolute Gasteiger partial charge is 0.255 e. The molecular weight excluding hydrogens is 274 g/mol. The molecule has 0 aliphatic heterocycles. The molecule has 2 aromatic rings. The van der Waals surface area contributed by atoms with Gasteiger partial charge in [0.05, 0.1) is 12.7 Å². The van der Waals surface area contributed by atoms with Crippen LogP contribution in [0.25, 0.3) is 0 Å². The summed E-state index contributed by atoms with van der Waals surface area (Å²) < 4.78 is 5.55. The van der Waals surface area contributed by atoms with Crippen molar-refractivity contribution in [2.75, 3.05) is 5.32 Å². The van der Waals surface area contributed by atoms with Gasteiger partial charge in [-0.3, -0.25) is 4.79 Å². The van der Waals surface area contributed by atoms with Crippen LogP contribution in [0.2, 0.25) is 0 Å². The molecule has 0 saturated carbocycles. The Morgan fingerprint density at radius 3 is 2.14 bits per heavy atom. The molecule has 2 aromatic carbocycles. The van der Waals surface area contributed by atoms with E-state index in [9.17, 15) is 4.79 Å². The van der Waals surface area contributed by atoms with E-state index in [0.29, 0.717) is 12.2 Å². The number of nitrogens with one attached hydrogen (secondary N) is 1. The standard InChI is InChI=1S/C19H23NO2/c1-4-15-7-11-18(12-8-15)20-19(21)17-9-5-16(6-10-17)13-22-14(2)3/h5-12,14H,4,13H2,1-3H3,(H,20,21). The number of anilines is 1. The molecule has 0 fully saturated rings. The van der Waals surface area contributed by atoms with Crippen molar-refractivity contribution in [1.82, 2.24) is 0 Å². The Morgan fingerprint density at radius 2 is 1.59 bits per heavy atom. The van der Waals surface area contributed by atoms with Gasteiger partial charge in [0.1, 0.15) is 0 Å². The average molecular weight is 297 g/mol. The van der Waals surface area contributed by atoms with Crippen LogP contribution in [0.1, 0.15) is 42.3 Å². The van der Waals surface area contributed by atoms with Gasteiger partial charge in [-0.05, 0) is 55.7 Å². The highest BCUT2D eigenvalue weighted by molar-refractivity contribution is 6.04. The summed E-state index contributed by atoms with van der Waals surface area (Å²) in [6, 6.07) is 15.4. The summed E-state index contributed by atoms with van der Waals surface area (Å²) in [4.78, 5) is 12.2. The number of carbonyl (C=O) groups is 1. The fourth-order valence-electron chi connectivity index (χ4n) is 2.04. The van der Waals surface area contributed by atoms with Crippen molar-refractivity contribution in [3.05, 3.63) is 65.2 Å². The summed E-state index contributed by atoms with van der Waals surface area (Å²) in [6.07, 6.45) is 1.20. The van der Waals surface area contributed by atoms with Crippen LogP contribution in [0.4, 0.5) is 5.69 Å². The molecule has 0 unspecified atom stereocenters. The summed E-state index contributed by atoms with van der Waals surface area (Å²) in [6.45, 7) is 6.69. The predicted octanol–water partition coefficient (Wildman–Crippen LogP) is 4.43. The molecule has 1 amide bonds. The van der Waals surface area contributed by atoms with Crippen molar-refractivity contribution in [2.24, 2.45) is 0 Å². The second-order valence-corrected chi connectivity index (χ2v) is 5.56. The maximum Gasteiger partial charge on any atom is 0.255 e. The van der Waals surface area contributed by atoms with E-state index in [0.717, 1.165) is 17.7 Å². The van der Waals surface area contributed by atoms with Gasteiger partial charge in [0, 0.05) is 11.3 Å². The van der Waals surface area contributed by atoms with Crippen molar-refractivity contribution in [2.45, 2.75) is 39.9 Å². The minimum atomic E-state index is -0.0967. The molecule has 0 heterocycles.